The molecule has 8 nitrogen and oxygen atoms in total. The van der Waals surface area contributed by atoms with Crippen LogP contribution in [0.3, 0.4) is 0 Å². The van der Waals surface area contributed by atoms with Gasteiger partial charge >= 0.3 is 11.7 Å². The second kappa shape index (κ2) is 7.05. The zero-order chi connectivity index (χ0) is 17.1. The second-order valence-corrected chi connectivity index (χ2v) is 6.19. The van der Waals surface area contributed by atoms with E-state index in [1.54, 1.807) is 17.6 Å². The summed E-state index contributed by atoms with van der Waals surface area (Å²) in [5.41, 5.74) is -0.609. The summed E-state index contributed by atoms with van der Waals surface area (Å²) in [6.07, 6.45) is 1.70. The number of allylic oxidation sites excluding steroid dienone is 2. The summed E-state index contributed by atoms with van der Waals surface area (Å²) in [6, 6.07) is 0. The minimum Gasteiger partial charge on any atom is -0.468 e. The van der Waals surface area contributed by atoms with Crippen LogP contribution in [0.1, 0.15) is 6.92 Å². The first-order chi connectivity index (χ1) is 10.8. The van der Waals surface area contributed by atoms with Crippen molar-refractivity contribution in [1.29, 1.82) is 0 Å². The van der Waals surface area contributed by atoms with E-state index in [2.05, 4.69) is 14.7 Å². The fraction of sp³-hybridized carbons (Fsp3) is 0.385. The van der Waals surface area contributed by atoms with Gasteiger partial charge < -0.3 is 9.30 Å². The van der Waals surface area contributed by atoms with Gasteiger partial charge in [0.15, 0.2) is 16.3 Å². The number of hydrogen-bond acceptors (Lipinski definition) is 6. The summed E-state index contributed by atoms with van der Waals surface area (Å²) >= 11 is 6.97. The molecule has 2 aromatic rings. The third kappa shape index (κ3) is 3.67. The summed E-state index contributed by atoms with van der Waals surface area (Å²) < 4.78 is 7.44. The van der Waals surface area contributed by atoms with Gasteiger partial charge in [-0.25, -0.2) is 9.78 Å². The zero-order valence-electron chi connectivity index (χ0n) is 12.8. The highest BCUT2D eigenvalue weighted by Crippen LogP contribution is 2.22. The summed E-state index contributed by atoms with van der Waals surface area (Å²) in [7, 11) is 2.80. The lowest BCUT2D eigenvalue weighted by Crippen LogP contribution is -2.29. The van der Waals surface area contributed by atoms with Gasteiger partial charge in [0.2, 0.25) is 0 Å². The first-order valence-electron chi connectivity index (χ1n) is 6.56. The number of esters is 1. The monoisotopic (exact) mass is 358 g/mol. The van der Waals surface area contributed by atoms with Crippen molar-refractivity contribution in [2.24, 2.45) is 7.05 Å². The number of imidazole rings is 1. The Hall–Kier alpha value is -2.00. The molecule has 0 saturated heterocycles. The quantitative estimate of drug-likeness (QED) is 0.628. The molecule has 0 atom stereocenters. The maximum absolute atomic E-state index is 12.1. The Kier molecular flexibility index (Phi) is 5.32. The third-order valence-corrected chi connectivity index (χ3v) is 4.18. The number of halogens is 1. The largest absolute Gasteiger partial charge is 0.468 e. The molecule has 0 aliphatic rings. The minimum absolute atomic E-state index is 0.0369. The first kappa shape index (κ1) is 17.4. The molecule has 0 spiro atoms. The van der Waals surface area contributed by atoms with Crippen LogP contribution in [0.2, 0.25) is 0 Å². The number of rotatable bonds is 5. The smallest absolute Gasteiger partial charge is 0.329 e. The van der Waals surface area contributed by atoms with Crippen molar-refractivity contribution in [3.63, 3.8) is 0 Å². The lowest BCUT2D eigenvalue weighted by molar-refractivity contribution is -0.137. The Morgan fingerprint density at radius 3 is 2.78 bits per heavy atom. The normalized spacial score (nSPS) is 11.9. The Balaban J connectivity index is 2.62. The van der Waals surface area contributed by atoms with Crippen molar-refractivity contribution in [3.05, 3.63) is 31.9 Å². The molecule has 0 aliphatic heterocycles. The van der Waals surface area contributed by atoms with E-state index in [-0.39, 0.29) is 23.5 Å². The van der Waals surface area contributed by atoms with Gasteiger partial charge in [-0.3, -0.25) is 19.1 Å². The van der Waals surface area contributed by atoms with Gasteiger partial charge in [0.25, 0.3) is 5.56 Å². The molecule has 0 bridgehead atoms. The predicted octanol–water partition coefficient (Wildman–Crippen LogP) is 0.831. The highest BCUT2D eigenvalue weighted by atomic mass is 35.5. The molecule has 0 radical (unpaired) electrons. The highest BCUT2D eigenvalue weighted by molar-refractivity contribution is 7.99. The van der Waals surface area contributed by atoms with E-state index in [1.807, 2.05) is 0 Å². The van der Waals surface area contributed by atoms with Crippen LogP contribution in [0.5, 0.6) is 0 Å². The van der Waals surface area contributed by atoms with E-state index in [0.29, 0.717) is 10.2 Å². The Bertz CT molecular complexity index is 892. The standard InChI is InChI=1S/C13H15ClN4O4S/c1-7(14)4-5-18-9-10(17(2)12(21)16-11(9)20)15-13(18)23-6-8(19)22-3/h4H,5-6H2,1-3H3,(H,16,20,21)/b7-4-. The lowest BCUT2D eigenvalue weighted by Gasteiger charge is -2.05. The fourth-order valence-corrected chi connectivity index (χ4v) is 2.80. The second-order valence-electron chi connectivity index (χ2n) is 4.65. The van der Waals surface area contributed by atoms with Crippen molar-refractivity contribution in [3.8, 4) is 0 Å². The number of thioether (sulfide) groups is 1. The van der Waals surface area contributed by atoms with Crippen LogP contribution in [-0.2, 0) is 23.1 Å². The number of hydrogen-bond donors (Lipinski definition) is 1. The highest BCUT2D eigenvalue weighted by Gasteiger charge is 2.18. The van der Waals surface area contributed by atoms with Gasteiger partial charge in [0, 0.05) is 18.6 Å². The molecule has 10 heteroatoms. The van der Waals surface area contributed by atoms with Crippen LogP contribution in [-0.4, -0.2) is 37.9 Å². The number of fused-ring (bicyclic) bond motifs is 1. The van der Waals surface area contributed by atoms with Gasteiger partial charge in [-0.1, -0.05) is 29.4 Å². The van der Waals surface area contributed by atoms with Crippen molar-refractivity contribution < 1.29 is 9.53 Å². The average molecular weight is 359 g/mol. The van der Waals surface area contributed by atoms with Crippen LogP contribution in [0.15, 0.2) is 25.9 Å². The molecule has 0 amide bonds. The van der Waals surface area contributed by atoms with Crippen LogP contribution in [0.4, 0.5) is 0 Å². The summed E-state index contributed by atoms with van der Waals surface area (Å²) in [5.74, 6) is -0.379. The third-order valence-electron chi connectivity index (χ3n) is 3.07. The topological polar surface area (TPSA) is 99.0 Å². The van der Waals surface area contributed by atoms with Crippen molar-refractivity contribution >= 4 is 40.5 Å². The Morgan fingerprint density at radius 2 is 2.17 bits per heavy atom. The molecule has 0 saturated carbocycles. The van der Waals surface area contributed by atoms with Crippen LogP contribution < -0.4 is 11.2 Å². The average Bonchev–Trinajstić information content (AvgIpc) is 2.87. The predicted molar refractivity (Wildman–Crippen MR) is 87.9 cm³/mol. The van der Waals surface area contributed by atoms with Crippen molar-refractivity contribution in [1.82, 2.24) is 19.1 Å². The molecule has 2 aromatic heterocycles. The number of aromatic nitrogens is 4. The number of aromatic amines is 1. The van der Waals surface area contributed by atoms with Gasteiger partial charge in [-0.05, 0) is 6.92 Å². The summed E-state index contributed by atoms with van der Waals surface area (Å²) in [6.45, 7) is 2.00. The molecule has 2 heterocycles. The molecule has 23 heavy (non-hydrogen) atoms. The number of ether oxygens (including phenoxy) is 1. The molecular formula is C13H15ClN4O4S. The molecule has 1 N–H and O–H groups in total. The van der Waals surface area contributed by atoms with Gasteiger partial charge in [-0.15, -0.1) is 0 Å². The number of aryl methyl sites for hydroxylation is 1. The van der Waals surface area contributed by atoms with Crippen molar-refractivity contribution in [2.75, 3.05) is 12.9 Å². The van der Waals surface area contributed by atoms with Crippen LogP contribution in [0.25, 0.3) is 11.2 Å². The van der Waals surface area contributed by atoms with E-state index < -0.39 is 17.2 Å². The summed E-state index contributed by atoms with van der Waals surface area (Å²) in [5, 5.41) is 0.975. The van der Waals surface area contributed by atoms with E-state index >= 15 is 0 Å². The van der Waals surface area contributed by atoms with E-state index in [0.717, 1.165) is 11.8 Å². The molecule has 0 unspecified atom stereocenters. The fourth-order valence-electron chi connectivity index (χ4n) is 1.89. The van der Waals surface area contributed by atoms with Crippen LogP contribution in [0, 0.1) is 0 Å². The van der Waals surface area contributed by atoms with Crippen molar-refractivity contribution in [2.45, 2.75) is 18.6 Å². The Morgan fingerprint density at radius 1 is 1.48 bits per heavy atom. The molecule has 0 aromatic carbocycles. The zero-order valence-corrected chi connectivity index (χ0v) is 14.3. The molecular weight excluding hydrogens is 344 g/mol. The number of carbonyl (C=O) groups is 1. The van der Waals surface area contributed by atoms with E-state index in [4.69, 9.17) is 11.6 Å². The SMILES string of the molecule is COC(=O)CSc1nc2c(c(=O)[nH]c(=O)n2C)n1C/C=C(/C)Cl. The molecule has 0 fully saturated rings. The minimum atomic E-state index is -0.555. The number of methoxy groups -OCH3 is 1. The van der Waals surface area contributed by atoms with E-state index in [1.165, 1.54) is 18.7 Å². The van der Waals surface area contributed by atoms with Gasteiger partial charge in [-0.2, -0.15) is 0 Å². The van der Waals surface area contributed by atoms with Gasteiger partial charge in [0.1, 0.15) is 0 Å². The van der Waals surface area contributed by atoms with E-state index in [9.17, 15) is 14.4 Å². The maximum Gasteiger partial charge on any atom is 0.329 e. The summed E-state index contributed by atoms with van der Waals surface area (Å²) in [4.78, 5) is 41.7. The molecule has 2 rings (SSSR count). The Labute approximate surface area is 140 Å². The number of nitrogens with zero attached hydrogens (tertiary/aromatic N) is 3. The number of H-pyrrole nitrogens is 1. The number of nitrogens with one attached hydrogen (secondary N) is 1. The van der Waals surface area contributed by atoms with Crippen LogP contribution >= 0.6 is 23.4 Å². The number of carbonyl (C=O) groups excluding carboxylic acids is 1. The first-order valence-corrected chi connectivity index (χ1v) is 7.93. The maximum atomic E-state index is 12.1. The van der Waals surface area contributed by atoms with Gasteiger partial charge in [0.05, 0.1) is 12.9 Å². The lowest BCUT2D eigenvalue weighted by atomic mass is 10.4. The molecule has 0 aliphatic carbocycles. The molecule has 124 valence electrons.